The summed E-state index contributed by atoms with van der Waals surface area (Å²) in [4.78, 5) is 15.1. The second kappa shape index (κ2) is 6.22. The number of aromatic nitrogens is 2. The normalized spacial score (nSPS) is 15.4. The zero-order chi connectivity index (χ0) is 15.7. The van der Waals surface area contributed by atoms with E-state index in [1.54, 1.807) is 0 Å². The maximum atomic E-state index is 12.4. The van der Waals surface area contributed by atoms with Gasteiger partial charge in [-0.2, -0.15) is 5.10 Å². The van der Waals surface area contributed by atoms with E-state index >= 15 is 0 Å². The molecule has 1 aliphatic heterocycles. The number of carbonyl (C=O) groups is 1. The van der Waals surface area contributed by atoms with Crippen LogP contribution in [0.1, 0.15) is 44.0 Å². The van der Waals surface area contributed by atoms with Crippen molar-refractivity contribution < 1.29 is 4.79 Å². The Hall–Kier alpha value is -1.66. The van der Waals surface area contributed by atoms with E-state index in [9.17, 15) is 4.79 Å². The van der Waals surface area contributed by atoms with Gasteiger partial charge in [-0.1, -0.05) is 0 Å². The molecule has 3 heterocycles. The van der Waals surface area contributed by atoms with Gasteiger partial charge >= 0.3 is 0 Å². The molecule has 1 amide bonds. The molecule has 0 spiro atoms. The Labute approximate surface area is 134 Å². The highest BCUT2D eigenvalue weighted by Gasteiger charge is 2.22. The Morgan fingerprint density at radius 3 is 3.05 bits per heavy atom. The molecule has 2 aromatic rings. The first kappa shape index (κ1) is 15.2. The van der Waals surface area contributed by atoms with E-state index in [0.717, 1.165) is 37.2 Å². The van der Waals surface area contributed by atoms with Crippen molar-refractivity contribution in [3.05, 3.63) is 38.3 Å². The quantitative estimate of drug-likeness (QED) is 0.808. The number of nitrogens with zero attached hydrogens (tertiary/aromatic N) is 1. The molecule has 0 radical (unpaired) electrons. The lowest BCUT2D eigenvalue weighted by Gasteiger charge is -2.15. The molecule has 3 N–H and O–H groups in total. The number of nitrogens with one attached hydrogen (secondary N) is 3. The summed E-state index contributed by atoms with van der Waals surface area (Å²) in [6, 6.07) is 2.31. The summed E-state index contributed by atoms with van der Waals surface area (Å²) in [5, 5.41) is 13.5. The average molecular weight is 318 g/mol. The van der Waals surface area contributed by atoms with Crippen LogP contribution in [0.3, 0.4) is 0 Å². The van der Waals surface area contributed by atoms with Crippen LogP contribution in [-0.4, -0.2) is 28.7 Å². The Morgan fingerprint density at radius 1 is 1.50 bits per heavy atom. The molecule has 0 bridgehead atoms. The first-order valence-electron chi connectivity index (χ1n) is 7.68. The molecule has 0 aromatic carbocycles. The predicted molar refractivity (Wildman–Crippen MR) is 88.4 cm³/mol. The number of carbonyl (C=O) groups excluding carboxylic acids is 1. The highest BCUT2D eigenvalue weighted by molar-refractivity contribution is 7.12. The first-order valence-corrected chi connectivity index (χ1v) is 8.50. The van der Waals surface area contributed by atoms with E-state index in [4.69, 9.17) is 0 Å². The highest BCUT2D eigenvalue weighted by Crippen LogP contribution is 2.22. The van der Waals surface area contributed by atoms with Gasteiger partial charge < -0.3 is 10.6 Å². The van der Waals surface area contributed by atoms with Gasteiger partial charge in [0.15, 0.2) is 5.69 Å². The van der Waals surface area contributed by atoms with E-state index in [1.165, 1.54) is 15.3 Å². The number of H-pyrrole nitrogens is 1. The fourth-order valence-electron chi connectivity index (χ4n) is 2.83. The van der Waals surface area contributed by atoms with Crippen molar-refractivity contribution in [1.29, 1.82) is 0 Å². The van der Waals surface area contributed by atoms with E-state index in [0.29, 0.717) is 5.69 Å². The van der Waals surface area contributed by atoms with Gasteiger partial charge in [-0.25, -0.2) is 0 Å². The van der Waals surface area contributed by atoms with Gasteiger partial charge in [0.1, 0.15) is 0 Å². The first-order chi connectivity index (χ1) is 10.5. The number of amides is 1. The minimum Gasteiger partial charge on any atom is -0.348 e. The van der Waals surface area contributed by atoms with Crippen molar-refractivity contribution in [2.24, 2.45) is 0 Å². The largest absolute Gasteiger partial charge is 0.348 e. The van der Waals surface area contributed by atoms with Gasteiger partial charge in [0, 0.05) is 34.3 Å². The molecule has 3 rings (SSSR count). The van der Waals surface area contributed by atoms with Crippen LogP contribution in [0.5, 0.6) is 0 Å². The van der Waals surface area contributed by atoms with Crippen LogP contribution < -0.4 is 10.6 Å². The summed E-state index contributed by atoms with van der Waals surface area (Å²) in [5.74, 6) is -0.0723. The topological polar surface area (TPSA) is 69.8 Å². The van der Waals surface area contributed by atoms with Crippen molar-refractivity contribution in [1.82, 2.24) is 20.8 Å². The third-order valence-electron chi connectivity index (χ3n) is 4.12. The molecule has 0 fully saturated rings. The van der Waals surface area contributed by atoms with Gasteiger partial charge in [0.25, 0.3) is 5.91 Å². The van der Waals surface area contributed by atoms with Gasteiger partial charge in [-0.3, -0.25) is 9.89 Å². The molecule has 22 heavy (non-hydrogen) atoms. The Kier molecular flexibility index (Phi) is 4.31. The molecule has 2 aromatic heterocycles. The molecular formula is C16H22N4OS. The summed E-state index contributed by atoms with van der Waals surface area (Å²) in [6.07, 6.45) is 1.71. The number of aryl methyl sites for hydroxylation is 2. The maximum Gasteiger partial charge on any atom is 0.272 e. The van der Waals surface area contributed by atoms with Crippen molar-refractivity contribution >= 4 is 17.2 Å². The molecule has 1 atom stereocenters. The lowest BCUT2D eigenvalue weighted by molar-refractivity contribution is 0.0934. The van der Waals surface area contributed by atoms with Crippen molar-refractivity contribution in [3.8, 4) is 0 Å². The van der Waals surface area contributed by atoms with Gasteiger partial charge in [-0.15, -0.1) is 11.3 Å². The third kappa shape index (κ3) is 3.08. The summed E-state index contributed by atoms with van der Waals surface area (Å²) >= 11 is 1.81. The number of thiophene rings is 1. The number of aromatic amines is 1. The van der Waals surface area contributed by atoms with Crippen LogP contribution in [0.4, 0.5) is 0 Å². The van der Waals surface area contributed by atoms with Crippen molar-refractivity contribution in [2.75, 3.05) is 6.54 Å². The second-order valence-corrected chi connectivity index (χ2v) is 7.33. The molecule has 0 aliphatic carbocycles. The minimum atomic E-state index is -0.0723. The van der Waals surface area contributed by atoms with Crippen LogP contribution >= 0.6 is 11.3 Å². The van der Waals surface area contributed by atoms with E-state index < -0.39 is 0 Å². The fraction of sp³-hybridized carbons (Fsp3) is 0.500. The second-order valence-electron chi connectivity index (χ2n) is 5.99. The molecule has 1 unspecified atom stereocenters. The molecule has 5 nitrogen and oxygen atoms in total. The number of rotatable bonds is 4. The maximum absolute atomic E-state index is 12.4. The van der Waals surface area contributed by atoms with Gasteiger partial charge in [0.2, 0.25) is 0 Å². The monoisotopic (exact) mass is 318 g/mol. The smallest absolute Gasteiger partial charge is 0.272 e. The lowest BCUT2D eigenvalue weighted by atomic mass is 10.1. The predicted octanol–water partition coefficient (Wildman–Crippen LogP) is 2.09. The summed E-state index contributed by atoms with van der Waals surface area (Å²) in [6.45, 7) is 7.97. The van der Waals surface area contributed by atoms with Crippen LogP contribution in [0.15, 0.2) is 6.07 Å². The van der Waals surface area contributed by atoms with Crippen molar-refractivity contribution in [3.63, 3.8) is 0 Å². The molecular weight excluding hydrogens is 296 g/mol. The Morgan fingerprint density at radius 2 is 2.32 bits per heavy atom. The van der Waals surface area contributed by atoms with Crippen LogP contribution in [0.25, 0.3) is 0 Å². The molecule has 0 saturated carbocycles. The van der Waals surface area contributed by atoms with E-state index in [2.05, 4.69) is 40.7 Å². The van der Waals surface area contributed by atoms with E-state index in [1.807, 2.05) is 18.3 Å². The average Bonchev–Trinajstić information content (AvgIpc) is 3.02. The van der Waals surface area contributed by atoms with Gasteiger partial charge in [-0.05, 0) is 45.4 Å². The number of fused-ring (bicyclic) bond motifs is 1. The standard InChI is InChI=1S/C16H22N4OS/c1-9-6-12(22-11(9)3)7-10(2)18-16(21)15-13-4-5-17-8-14(13)19-20-15/h6,10,17H,4-5,7-8H2,1-3H3,(H,18,21)(H,19,20). The zero-order valence-corrected chi connectivity index (χ0v) is 14.1. The van der Waals surface area contributed by atoms with Crippen LogP contribution in [0.2, 0.25) is 0 Å². The fourth-order valence-corrected chi connectivity index (χ4v) is 4.01. The summed E-state index contributed by atoms with van der Waals surface area (Å²) in [7, 11) is 0. The van der Waals surface area contributed by atoms with E-state index in [-0.39, 0.29) is 11.9 Å². The van der Waals surface area contributed by atoms with Gasteiger partial charge in [0.05, 0.1) is 5.69 Å². The molecule has 6 heteroatoms. The van der Waals surface area contributed by atoms with Crippen molar-refractivity contribution in [2.45, 2.75) is 46.2 Å². The van der Waals surface area contributed by atoms with Crippen LogP contribution in [-0.2, 0) is 19.4 Å². The molecule has 118 valence electrons. The Balaban J connectivity index is 1.65. The summed E-state index contributed by atoms with van der Waals surface area (Å²) < 4.78 is 0. The highest BCUT2D eigenvalue weighted by atomic mass is 32.1. The molecule has 0 saturated heterocycles. The minimum absolute atomic E-state index is 0.0723. The SMILES string of the molecule is Cc1cc(CC(C)NC(=O)c2n[nH]c3c2CCNC3)sc1C. The number of hydrogen-bond donors (Lipinski definition) is 3. The zero-order valence-electron chi connectivity index (χ0n) is 13.2. The summed E-state index contributed by atoms with van der Waals surface area (Å²) in [5.41, 5.74) is 3.98. The molecule has 1 aliphatic rings. The Bertz CT molecular complexity index is 669. The third-order valence-corrected chi connectivity index (χ3v) is 5.30. The van der Waals surface area contributed by atoms with Crippen LogP contribution in [0, 0.1) is 13.8 Å². The number of hydrogen-bond acceptors (Lipinski definition) is 4. The lowest BCUT2D eigenvalue weighted by Crippen LogP contribution is -2.35.